The molecule has 2 N–H and O–H groups in total. The van der Waals surface area contributed by atoms with Gasteiger partial charge in [0.05, 0.1) is 5.69 Å². The van der Waals surface area contributed by atoms with Gasteiger partial charge in [0.15, 0.2) is 0 Å². The molecule has 0 saturated carbocycles. The Morgan fingerprint density at radius 3 is 3.00 bits per heavy atom. The minimum absolute atomic E-state index is 0.108. The second kappa shape index (κ2) is 5.10. The van der Waals surface area contributed by atoms with E-state index in [1.807, 2.05) is 18.3 Å². The molecule has 3 nitrogen and oxygen atoms in total. The highest BCUT2D eigenvalue weighted by Gasteiger charge is 2.19. The molecule has 3 rings (SSSR count). The third-order valence-corrected chi connectivity index (χ3v) is 5.21. The molecule has 0 aromatic carbocycles. The van der Waals surface area contributed by atoms with Crippen LogP contribution in [0.2, 0.25) is 0 Å². The Balaban J connectivity index is 1.78. The van der Waals surface area contributed by atoms with E-state index in [9.17, 15) is 0 Å². The van der Waals surface area contributed by atoms with Gasteiger partial charge in [0.25, 0.3) is 0 Å². The van der Waals surface area contributed by atoms with Crippen LogP contribution in [0, 0.1) is 6.92 Å². The Morgan fingerprint density at radius 2 is 2.26 bits per heavy atom. The molecule has 2 aromatic rings. The fourth-order valence-corrected chi connectivity index (χ4v) is 4.16. The first-order chi connectivity index (χ1) is 9.17. The van der Waals surface area contributed by atoms with Crippen molar-refractivity contribution in [2.24, 2.45) is 5.73 Å². The van der Waals surface area contributed by atoms with Gasteiger partial charge in [-0.05, 0) is 50.8 Å². The second-order valence-corrected chi connectivity index (χ2v) is 6.52. The maximum Gasteiger partial charge on any atom is 0.0596 e. The van der Waals surface area contributed by atoms with E-state index >= 15 is 0 Å². The average molecular weight is 275 g/mol. The van der Waals surface area contributed by atoms with Gasteiger partial charge >= 0.3 is 0 Å². The lowest BCUT2D eigenvalue weighted by molar-refractivity contribution is 0.590. The molecule has 2 aromatic heterocycles. The van der Waals surface area contributed by atoms with Crippen molar-refractivity contribution in [2.75, 3.05) is 0 Å². The molecule has 0 amide bonds. The maximum atomic E-state index is 6.39. The van der Waals surface area contributed by atoms with Gasteiger partial charge < -0.3 is 5.73 Å². The van der Waals surface area contributed by atoms with Gasteiger partial charge in [-0.15, -0.1) is 11.3 Å². The SMILES string of the molecule is CCn1nc(C)cc1CC(N)c1cc2c(s1)CCC2. The number of fused-ring (bicyclic) bond motifs is 1. The quantitative estimate of drug-likeness (QED) is 0.932. The van der Waals surface area contributed by atoms with Crippen molar-refractivity contribution in [2.45, 2.75) is 52.1 Å². The topological polar surface area (TPSA) is 43.8 Å². The van der Waals surface area contributed by atoms with E-state index in [2.05, 4.69) is 28.8 Å². The summed E-state index contributed by atoms with van der Waals surface area (Å²) in [5.74, 6) is 0. The fourth-order valence-electron chi connectivity index (χ4n) is 2.90. The van der Waals surface area contributed by atoms with Gasteiger partial charge in [-0.2, -0.15) is 5.10 Å². The molecule has 1 unspecified atom stereocenters. The van der Waals surface area contributed by atoms with E-state index in [0.717, 1.165) is 18.7 Å². The molecular formula is C15H21N3S. The van der Waals surface area contributed by atoms with Crippen molar-refractivity contribution in [1.29, 1.82) is 0 Å². The average Bonchev–Trinajstić information content (AvgIpc) is 3.02. The van der Waals surface area contributed by atoms with Crippen molar-refractivity contribution in [3.8, 4) is 0 Å². The summed E-state index contributed by atoms with van der Waals surface area (Å²) in [6.07, 6.45) is 4.69. The summed E-state index contributed by atoms with van der Waals surface area (Å²) in [5, 5.41) is 4.49. The summed E-state index contributed by atoms with van der Waals surface area (Å²) in [7, 11) is 0. The van der Waals surface area contributed by atoms with E-state index in [1.165, 1.54) is 35.4 Å². The molecule has 1 aliphatic carbocycles. The Hall–Kier alpha value is -1.13. The lowest BCUT2D eigenvalue weighted by Gasteiger charge is -2.11. The highest BCUT2D eigenvalue weighted by molar-refractivity contribution is 7.12. The number of nitrogens with zero attached hydrogens (tertiary/aromatic N) is 2. The summed E-state index contributed by atoms with van der Waals surface area (Å²) in [5.41, 5.74) is 10.3. The van der Waals surface area contributed by atoms with Crippen LogP contribution in [0.3, 0.4) is 0 Å². The van der Waals surface area contributed by atoms with Crippen LogP contribution >= 0.6 is 11.3 Å². The third-order valence-electron chi connectivity index (χ3n) is 3.85. The van der Waals surface area contributed by atoms with Crippen molar-refractivity contribution in [3.63, 3.8) is 0 Å². The molecule has 4 heteroatoms. The monoisotopic (exact) mass is 275 g/mol. The molecule has 2 heterocycles. The first kappa shape index (κ1) is 12.9. The molecule has 0 radical (unpaired) electrons. The van der Waals surface area contributed by atoms with Crippen LogP contribution in [0.4, 0.5) is 0 Å². The van der Waals surface area contributed by atoms with Crippen LogP contribution in [-0.2, 0) is 25.8 Å². The normalized spacial score (nSPS) is 15.7. The molecular weight excluding hydrogens is 254 g/mol. The Kier molecular flexibility index (Phi) is 3.46. The van der Waals surface area contributed by atoms with Crippen LogP contribution < -0.4 is 5.73 Å². The smallest absolute Gasteiger partial charge is 0.0596 e. The van der Waals surface area contributed by atoms with Crippen molar-refractivity contribution < 1.29 is 0 Å². The van der Waals surface area contributed by atoms with E-state index < -0.39 is 0 Å². The van der Waals surface area contributed by atoms with Gasteiger partial charge in [-0.25, -0.2) is 0 Å². The predicted octanol–water partition coefficient (Wildman–Crippen LogP) is 3.00. The van der Waals surface area contributed by atoms with Crippen LogP contribution in [-0.4, -0.2) is 9.78 Å². The van der Waals surface area contributed by atoms with Crippen LogP contribution in [0.1, 0.15) is 46.1 Å². The molecule has 0 saturated heterocycles. The molecule has 0 spiro atoms. The molecule has 0 fully saturated rings. The minimum atomic E-state index is 0.108. The second-order valence-electron chi connectivity index (χ2n) is 5.35. The number of nitrogens with two attached hydrogens (primary N) is 1. The number of hydrogen-bond donors (Lipinski definition) is 1. The number of thiophene rings is 1. The lowest BCUT2D eigenvalue weighted by atomic mass is 10.1. The zero-order chi connectivity index (χ0) is 13.4. The zero-order valence-corrected chi connectivity index (χ0v) is 12.5. The highest BCUT2D eigenvalue weighted by atomic mass is 32.1. The minimum Gasteiger partial charge on any atom is -0.323 e. The molecule has 0 aliphatic heterocycles. The fraction of sp³-hybridized carbons (Fsp3) is 0.533. The first-order valence-electron chi connectivity index (χ1n) is 7.07. The Morgan fingerprint density at radius 1 is 1.42 bits per heavy atom. The van der Waals surface area contributed by atoms with E-state index in [-0.39, 0.29) is 6.04 Å². The number of rotatable bonds is 4. The van der Waals surface area contributed by atoms with Crippen molar-refractivity contribution in [3.05, 3.63) is 38.8 Å². The predicted molar refractivity (Wildman–Crippen MR) is 79.6 cm³/mol. The summed E-state index contributed by atoms with van der Waals surface area (Å²) >= 11 is 1.91. The lowest BCUT2D eigenvalue weighted by Crippen LogP contribution is -2.15. The molecule has 0 bridgehead atoms. The summed E-state index contributed by atoms with van der Waals surface area (Å²) in [6, 6.07) is 4.60. The molecule has 19 heavy (non-hydrogen) atoms. The van der Waals surface area contributed by atoms with Crippen molar-refractivity contribution >= 4 is 11.3 Å². The number of aromatic nitrogens is 2. The first-order valence-corrected chi connectivity index (χ1v) is 7.89. The van der Waals surface area contributed by atoms with E-state index in [4.69, 9.17) is 5.73 Å². The molecule has 1 aliphatic rings. The van der Waals surface area contributed by atoms with Gasteiger partial charge in [0.2, 0.25) is 0 Å². The third kappa shape index (κ3) is 2.47. The van der Waals surface area contributed by atoms with Crippen LogP contribution in [0.5, 0.6) is 0 Å². The standard InChI is InChI=1S/C15H21N3S/c1-3-18-12(7-10(2)17-18)9-13(16)15-8-11-5-4-6-14(11)19-15/h7-8,13H,3-6,9,16H2,1-2H3. The number of aryl methyl sites for hydroxylation is 4. The van der Waals surface area contributed by atoms with E-state index in [0.29, 0.717) is 0 Å². The molecule has 1 atom stereocenters. The largest absolute Gasteiger partial charge is 0.323 e. The number of hydrogen-bond acceptors (Lipinski definition) is 3. The van der Waals surface area contributed by atoms with Gasteiger partial charge in [-0.1, -0.05) is 0 Å². The highest BCUT2D eigenvalue weighted by Crippen LogP contribution is 2.34. The van der Waals surface area contributed by atoms with E-state index in [1.54, 1.807) is 4.88 Å². The van der Waals surface area contributed by atoms with Gasteiger partial charge in [0.1, 0.15) is 0 Å². The Labute approximate surface area is 118 Å². The van der Waals surface area contributed by atoms with Gasteiger partial charge in [0, 0.05) is 34.5 Å². The summed E-state index contributed by atoms with van der Waals surface area (Å²) in [4.78, 5) is 2.90. The van der Waals surface area contributed by atoms with Gasteiger partial charge in [-0.3, -0.25) is 4.68 Å². The van der Waals surface area contributed by atoms with Crippen LogP contribution in [0.15, 0.2) is 12.1 Å². The maximum absolute atomic E-state index is 6.39. The Bertz CT molecular complexity index is 561. The zero-order valence-electron chi connectivity index (χ0n) is 11.6. The molecule has 102 valence electrons. The summed E-state index contributed by atoms with van der Waals surface area (Å²) < 4.78 is 2.07. The summed E-state index contributed by atoms with van der Waals surface area (Å²) in [6.45, 7) is 5.08. The van der Waals surface area contributed by atoms with Crippen LogP contribution in [0.25, 0.3) is 0 Å². The van der Waals surface area contributed by atoms with Crippen molar-refractivity contribution in [1.82, 2.24) is 9.78 Å².